The minimum atomic E-state index is -0.157. The molecule has 0 unspecified atom stereocenters. The van der Waals surface area contributed by atoms with E-state index in [4.69, 9.17) is 5.73 Å². The molecule has 1 aromatic rings. The maximum atomic E-state index is 13.2. The van der Waals surface area contributed by atoms with Crippen LogP contribution in [0.2, 0.25) is 0 Å². The van der Waals surface area contributed by atoms with Crippen LogP contribution < -0.4 is 5.73 Å². The van der Waals surface area contributed by atoms with Gasteiger partial charge in [-0.25, -0.2) is 4.39 Å². The minimum Gasteiger partial charge on any atom is -0.328 e. The van der Waals surface area contributed by atoms with E-state index >= 15 is 0 Å². The topological polar surface area (TPSA) is 26.0 Å². The molecule has 0 heterocycles. The van der Waals surface area contributed by atoms with Crippen molar-refractivity contribution in [2.45, 2.75) is 25.8 Å². The van der Waals surface area contributed by atoms with Crippen molar-refractivity contribution in [1.82, 2.24) is 0 Å². The molecule has 0 aliphatic heterocycles. The summed E-state index contributed by atoms with van der Waals surface area (Å²) in [5.41, 5.74) is 6.33. The van der Waals surface area contributed by atoms with E-state index in [0.717, 1.165) is 16.5 Å². The fourth-order valence-electron chi connectivity index (χ4n) is 1.11. The Morgan fingerprint density at radius 1 is 1.54 bits per heavy atom. The summed E-state index contributed by atoms with van der Waals surface area (Å²) in [7, 11) is 0. The first-order valence-electron chi connectivity index (χ1n) is 4.29. The van der Waals surface area contributed by atoms with Crippen molar-refractivity contribution in [3.8, 4) is 0 Å². The fourth-order valence-corrected chi connectivity index (χ4v) is 1.44. The molecule has 72 valence electrons. The van der Waals surface area contributed by atoms with Gasteiger partial charge in [-0.2, -0.15) is 0 Å². The van der Waals surface area contributed by atoms with Gasteiger partial charge in [0.1, 0.15) is 5.82 Å². The summed E-state index contributed by atoms with van der Waals surface area (Å²) in [4.78, 5) is 0. The number of aryl methyl sites for hydroxylation is 1. The second kappa shape index (κ2) is 4.72. The van der Waals surface area contributed by atoms with Gasteiger partial charge >= 0.3 is 0 Å². The first-order chi connectivity index (χ1) is 6.09. The van der Waals surface area contributed by atoms with Gasteiger partial charge in [0.15, 0.2) is 0 Å². The molecule has 13 heavy (non-hydrogen) atoms. The monoisotopic (exact) mass is 245 g/mol. The van der Waals surface area contributed by atoms with E-state index in [1.807, 2.05) is 13.0 Å². The van der Waals surface area contributed by atoms with E-state index in [2.05, 4.69) is 15.9 Å². The molecule has 0 radical (unpaired) electrons. The van der Waals surface area contributed by atoms with Gasteiger partial charge in [-0.3, -0.25) is 0 Å². The molecule has 0 aliphatic rings. The van der Waals surface area contributed by atoms with Crippen LogP contribution in [0, 0.1) is 5.82 Å². The molecule has 1 nitrogen and oxygen atoms in total. The van der Waals surface area contributed by atoms with Crippen molar-refractivity contribution >= 4 is 15.9 Å². The van der Waals surface area contributed by atoms with Gasteiger partial charge in [-0.1, -0.05) is 22.0 Å². The van der Waals surface area contributed by atoms with E-state index < -0.39 is 0 Å². The van der Waals surface area contributed by atoms with Crippen molar-refractivity contribution in [2.75, 3.05) is 0 Å². The molecular weight excluding hydrogens is 233 g/mol. The first-order valence-corrected chi connectivity index (χ1v) is 5.08. The highest BCUT2D eigenvalue weighted by Crippen LogP contribution is 2.16. The summed E-state index contributed by atoms with van der Waals surface area (Å²) in [6.45, 7) is 1.93. The number of halogens is 2. The van der Waals surface area contributed by atoms with E-state index in [-0.39, 0.29) is 11.9 Å². The summed E-state index contributed by atoms with van der Waals surface area (Å²) in [6, 6.07) is 5.25. The van der Waals surface area contributed by atoms with Crippen LogP contribution in [-0.4, -0.2) is 6.04 Å². The van der Waals surface area contributed by atoms with E-state index in [1.165, 1.54) is 6.07 Å². The maximum Gasteiger partial charge on any atom is 0.127 e. The average molecular weight is 246 g/mol. The molecule has 0 aliphatic carbocycles. The zero-order chi connectivity index (χ0) is 9.84. The third-order valence-corrected chi connectivity index (χ3v) is 2.38. The quantitative estimate of drug-likeness (QED) is 0.871. The molecule has 0 saturated heterocycles. The lowest BCUT2D eigenvalue weighted by Gasteiger charge is -2.05. The number of hydrogen-bond acceptors (Lipinski definition) is 1. The number of benzene rings is 1. The largest absolute Gasteiger partial charge is 0.328 e. The lowest BCUT2D eigenvalue weighted by Crippen LogP contribution is -2.15. The normalized spacial score (nSPS) is 12.9. The predicted octanol–water partition coefficient (Wildman–Crippen LogP) is 2.87. The SMILES string of the molecule is C[C@@H](N)CCc1ccc(Br)cc1F. The Labute approximate surface area is 86.3 Å². The molecule has 0 spiro atoms. The second-order valence-corrected chi connectivity index (χ2v) is 4.17. The summed E-state index contributed by atoms with van der Waals surface area (Å²) >= 11 is 3.21. The molecule has 0 saturated carbocycles. The molecule has 0 amide bonds. The lowest BCUT2D eigenvalue weighted by atomic mass is 10.1. The van der Waals surface area contributed by atoms with Crippen LogP contribution in [0.3, 0.4) is 0 Å². The molecule has 0 fully saturated rings. The molecule has 0 bridgehead atoms. The van der Waals surface area contributed by atoms with Gasteiger partial charge in [0, 0.05) is 10.5 Å². The standard InChI is InChI=1S/C10H13BrFN/c1-7(13)2-3-8-4-5-9(11)6-10(8)12/h4-7H,2-3,13H2,1H3/t7-/m1/s1. The average Bonchev–Trinajstić information content (AvgIpc) is 2.02. The highest BCUT2D eigenvalue weighted by Gasteiger charge is 2.03. The van der Waals surface area contributed by atoms with Gasteiger partial charge in [0.25, 0.3) is 0 Å². The maximum absolute atomic E-state index is 13.2. The minimum absolute atomic E-state index is 0.128. The molecule has 2 N–H and O–H groups in total. The Hall–Kier alpha value is -0.410. The Morgan fingerprint density at radius 3 is 2.77 bits per heavy atom. The lowest BCUT2D eigenvalue weighted by molar-refractivity contribution is 0.590. The number of rotatable bonds is 3. The van der Waals surface area contributed by atoms with Crippen LogP contribution in [0.4, 0.5) is 4.39 Å². The predicted molar refractivity (Wildman–Crippen MR) is 56.1 cm³/mol. The van der Waals surface area contributed by atoms with Crippen LogP contribution in [0.5, 0.6) is 0 Å². The third-order valence-electron chi connectivity index (χ3n) is 1.88. The van der Waals surface area contributed by atoms with E-state index in [9.17, 15) is 4.39 Å². The summed E-state index contributed by atoms with van der Waals surface area (Å²) in [5.74, 6) is -0.157. The van der Waals surface area contributed by atoms with Crippen LogP contribution >= 0.6 is 15.9 Å². The zero-order valence-electron chi connectivity index (χ0n) is 7.56. The van der Waals surface area contributed by atoms with Gasteiger partial charge in [0.2, 0.25) is 0 Å². The summed E-state index contributed by atoms with van der Waals surface area (Å²) in [5, 5.41) is 0. The van der Waals surface area contributed by atoms with Crippen molar-refractivity contribution in [2.24, 2.45) is 5.73 Å². The third kappa shape index (κ3) is 3.44. The second-order valence-electron chi connectivity index (χ2n) is 3.25. The Bertz CT molecular complexity index is 286. The molecule has 3 heteroatoms. The number of hydrogen-bond donors (Lipinski definition) is 1. The van der Waals surface area contributed by atoms with Crippen molar-refractivity contribution in [3.63, 3.8) is 0 Å². The van der Waals surface area contributed by atoms with Gasteiger partial charge < -0.3 is 5.73 Å². The smallest absolute Gasteiger partial charge is 0.127 e. The van der Waals surface area contributed by atoms with Crippen LogP contribution in [0.1, 0.15) is 18.9 Å². The van der Waals surface area contributed by atoms with Gasteiger partial charge in [-0.05, 0) is 37.5 Å². The summed E-state index contributed by atoms with van der Waals surface area (Å²) < 4.78 is 14.0. The molecule has 1 aromatic carbocycles. The molecule has 1 rings (SSSR count). The van der Waals surface area contributed by atoms with Crippen LogP contribution in [0.25, 0.3) is 0 Å². The van der Waals surface area contributed by atoms with E-state index in [1.54, 1.807) is 6.07 Å². The van der Waals surface area contributed by atoms with E-state index in [0.29, 0.717) is 6.42 Å². The Morgan fingerprint density at radius 2 is 2.23 bits per heavy atom. The first kappa shape index (κ1) is 10.7. The Kier molecular flexibility index (Phi) is 3.88. The molecule has 0 aromatic heterocycles. The highest BCUT2D eigenvalue weighted by atomic mass is 79.9. The zero-order valence-corrected chi connectivity index (χ0v) is 9.14. The van der Waals surface area contributed by atoms with Gasteiger partial charge in [0.05, 0.1) is 0 Å². The molecular formula is C10H13BrFN. The number of nitrogens with two attached hydrogens (primary N) is 1. The Balaban J connectivity index is 2.67. The van der Waals surface area contributed by atoms with Crippen LogP contribution in [0.15, 0.2) is 22.7 Å². The molecule has 1 atom stereocenters. The van der Waals surface area contributed by atoms with Crippen molar-refractivity contribution < 1.29 is 4.39 Å². The van der Waals surface area contributed by atoms with Gasteiger partial charge in [-0.15, -0.1) is 0 Å². The van der Waals surface area contributed by atoms with Crippen LogP contribution in [-0.2, 0) is 6.42 Å². The summed E-state index contributed by atoms with van der Waals surface area (Å²) in [6.07, 6.45) is 1.52. The van der Waals surface area contributed by atoms with Crippen molar-refractivity contribution in [3.05, 3.63) is 34.1 Å². The fraction of sp³-hybridized carbons (Fsp3) is 0.400. The highest BCUT2D eigenvalue weighted by molar-refractivity contribution is 9.10. The van der Waals surface area contributed by atoms with Crippen molar-refractivity contribution in [1.29, 1.82) is 0 Å².